The van der Waals surface area contributed by atoms with Crippen molar-refractivity contribution in [1.29, 1.82) is 0 Å². The predicted molar refractivity (Wildman–Crippen MR) is 104 cm³/mol. The molecule has 2 aromatic rings. The van der Waals surface area contributed by atoms with Gasteiger partial charge in [0.2, 0.25) is 11.8 Å². The van der Waals surface area contributed by atoms with E-state index in [2.05, 4.69) is 5.32 Å². The summed E-state index contributed by atoms with van der Waals surface area (Å²) in [5.41, 5.74) is 1.88. The maximum absolute atomic E-state index is 12.1. The molecule has 2 amide bonds. The van der Waals surface area contributed by atoms with Crippen molar-refractivity contribution >= 4 is 23.5 Å². The maximum Gasteiger partial charge on any atom is 0.339 e. The maximum atomic E-state index is 12.1. The Hall–Kier alpha value is -3.15. The van der Waals surface area contributed by atoms with Crippen molar-refractivity contribution in [2.24, 2.45) is 0 Å². The molecule has 0 aliphatic rings. The smallest absolute Gasteiger partial charge is 0.339 e. The van der Waals surface area contributed by atoms with Crippen LogP contribution in [0.4, 0.5) is 5.69 Å². The Morgan fingerprint density at radius 3 is 2.33 bits per heavy atom. The molecule has 0 bridgehead atoms. The van der Waals surface area contributed by atoms with Gasteiger partial charge in [-0.15, -0.1) is 0 Å². The molecule has 142 valence electrons. The van der Waals surface area contributed by atoms with E-state index >= 15 is 0 Å². The molecule has 0 unspecified atom stereocenters. The van der Waals surface area contributed by atoms with Crippen molar-refractivity contribution in [1.82, 2.24) is 5.32 Å². The lowest BCUT2D eigenvalue weighted by atomic mass is 10.1. The van der Waals surface area contributed by atoms with Gasteiger partial charge in [0.25, 0.3) is 0 Å². The van der Waals surface area contributed by atoms with Gasteiger partial charge in [-0.3, -0.25) is 9.59 Å². The second-order valence-corrected chi connectivity index (χ2v) is 6.01. The SMILES string of the molecule is COC(=O)c1ccccc1N(CCNC(=O)CCc1ccccc1)C(C)=O. The summed E-state index contributed by atoms with van der Waals surface area (Å²) in [6, 6.07) is 16.5. The van der Waals surface area contributed by atoms with Gasteiger partial charge in [-0.1, -0.05) is 42.5 Å². The van der Waals surface area contributed by atoms with Gasteiger partial charge in [-0.05, 0) is 24.1 Å². The predicted octanol–water partition coefficient (Wildman–Crippen LogP) is 2.58. The summed E-state index contributed by atoms with van der Waals surface area (Å²) >= 11 is 0. The summed E-state index contributed by atoms with van der Waals surface area (Å²) in [7, 11) is 1.30. The normalized spacial score (nSPS) is 10.1. The third kappa shape index (κ3) is 5.95. The van der Waals surface area contributed by atoms with Crippen molar-refractivity contribution in [3.05, 3.63) is 65.7 Å². The third-order valence-electron chi connectivity index (χ3n) is 4.12. The average Bonchev–Trinajstić information content (AvgIpc) is 2.69. The number of amides is 2. The largest absolute Gasteiger partial charge is 0.465 e. The summed E-state index contributed by atoms with van der Waals surface area (Å²) in [6.45, 7) is 1.98. The molecule has 0 spiro atoms. The molecule has 0 aliphatic carbocycles. The lowest BCUT2D eigenvalue weighted by Crippen LogP contribution is -2.38. The molecule has 6 nitrogen and oxygen atoms in total. The fourth-order valence-electron chi connectivity index (χ4n) is 2.74. The van der Waals surface area contributed by atoms with Gasteiger partial charge >= 0.3 is 5.97 Å². The molecule has 0 fully saturated rings. The molecule has 2 rings (SSSR count). The van der Waals surface area contributed by atoms with E-state index in [1.165, 1.54) is 18.9 Å². The number of benzene rings is 2. The molecule has 1 N–H and O–H groups in total. The van der Waals surface area contributed by atoms with Crippen LogP contribution in [0, 0.1) is 0 Å². The van der Waals surface area contributed by atoms with Gasteiger partial charge in [-0.2, -0.15) is 0 Å². The molecule has 2 aromatic carbocycles. The van der Waals surface area contributed by atoms with E-state index in [0.29, 0.717) is 30.6 Å². The number of nitrogens with zero attached hydrogens (tertiary/aromatic N) is 1. The van der Waals surface area contributed by atoms with Gasteiger partial charge in [0.15, 0.2) is 0 Å². The fourth-order valence-corrected chi connectivity index (χ4v) is 2.74. The van der Waals surface area contributed by atoms with E-state index in [1.54, 1.807) is 24.3 Å². The molecule has 0 radical (unpaired) electrons. The topological polar surface area (TPSA) is 75.7 Å². The van der Waals surface area contributed by atoms with E-state index < -0.39 is 5.97 Å². The molecule has 0 aliphatic heterocycles. The molecule has 0 saturated heterocycles. The van der Waals surface area contributed by atoms with Crippen molar-refractivity contribution in [3.8, 4) is 0 Å². The first-order chi connectivity index (χ1) is 13.0. The van der Waals surface area contributed by atoms with Crippen LogP contribution in [0.1, 0.15) is 29.3 Å². The highest BCUT2D eigenvalue weighted by atomic mass is 16.5. The number of para-hydroxylation sites is 1. The first-order valence-electron chi connectivity index (χ1n) is 8.79. The van der Waals surface area contributed by atoms with E-state index in [-0.39, 0.29) is 18.4 Å². The van der Waals surface area contributed by atoms with Crippen LogP contribution >= 0.6 is 0 Å². The summed E-state index contributed by atoms with van der Waals surface area (Å²) in [5.74, 6) is -0.808. The number of carbonyl (C=O) groups is 3. The van der Waals surface area contributed by atoms with Crippen LogP contribution in [0.15, 0.2) is 54.6 Å². The third-order valence-corrected chi connectivity index (χ3v) is 4.12. The Morgan fingerprint density at radius 1 is 1.00 bits per heavy atom. The molecular formula is C21H24N2O4. The Morgan fingerprint density at radius 2 is 1.67 bits per heavy atom. The summed E-state index contributed by atoms with van der Waals surface area (Å²) in [6.07, 6.45) is 1.04. The second kappa shape index (κ2) is 10.1. The van der Waals surface area contributed by atoms with Crippen LogP contribution in [-0.4, -0.2) is 38.0 Å². The van der Waals surface area contributed by atoms with Crippen LogP contribution in [0.25, 0.3) is 0 Å². The van der Waals surface area contributed by atoms with Crippen molar-refractivity contribution < 1.29 is 19.1 Å². The molecular weight excluding hydrogens is 344 g/mol. The van der Waals surface area contributed by atoms with Crippen LogP contribution in [0.2, 0.25) is 0 Å². The van der Waals surface area contributed by atoms with Crippen molar-refractivity contribution in [2.45, 2.75) is 19.8 Å². The number of nitrogens with one attached hydrogen (secondary N) is 1. The highest BCUT2D eigenvalue weighted by molar-refractivity contribution is 6.01. The molecule has 0 aromatic heterocycles. The number of anilines is 1. The quantitative estimate of drug-likeness (QED) is 0.727. The number of carbonyl (C=O) groups excluding carboxylic acids is 3. The lowest BCUT2D eigenvalue weighted by Gasteiger charge is -2.23. The number of aryl methyl sites for hydroxylation is 1. The van der Waals surface area contributed by atoms with E-state index in [9.17, 15) is 14.4 Å². The van der Waals surface area contributed by atoms with E-state index in [4.69, 9.17) is 4.74 Å². The van der Waals surface area contributed by atoms with Gasteiger partial charge in [0.1, 0.15) is 0 Å². The van der Waals surface area contributed by atoms with Crippen LogP contribution in [0.5, 0.6) is 0 Å². The minimum absolute atomic E-state index is 0.0800. The van der Waals surface area contributed by atoms with Crippen molar-refractivity contribution in [2.75, 3.05) is 25.1 Å². The summed E-state index contributed by atoms with van der Waals surface area (Å²) in [5, 5.41) is 2.82. The monoisotopic (exact) mass is 368 g/mol. The molecule has 27 heavy (non-hydrogen) atoms. The zero-order valence-electron chi connectivity index (χ0n) is 15.6. The number of methoxy groups -OCH3 is 1. The van der Waals surface area contributed by atoms with Gasteiger partial charge in [0.05, 0.1) is 18.4 Å². The highest BCUT2D eigenvalue weighted by Crippen LogP contribution is 2.21. The van der Waals surface area contributed by atoms with Crippen LogP contribution in [-0.2, 0) is 20.7 Å². The molecule has 6 heteroatoms. The fraction of sp³-hybridized carbons (Fsp3) is 0.286. The van der Waals surface area contributed by atoms with Crippen molar-refractivity contribution in [3.63, 3.8) is 0 Å². The average molecular weight is 368 g/mol. The Balaban J connectivity index is 1.93. The summed E-state index contributed by atoms with van der Waals surface area (Å²) < 4.78 is 4.78. The summed E-state index contributed by atoms with van der Waals surface area (Å²) in [4.78, 5) is 37.5. The standard InChI is InChI=1S/C21H24N2O4/c1-16(24)23(19-11-7-6-10-18(19)21(26)27-2)15-14-22-20(25)13-12-17-8-4-3-5-9-17/h3-11H,12-15H2,1-2H3,(H,22,25). The van der Waals surface area contributed by atoms with Gasteiger partial charge in [0, 0.05) is 26.4 Å². The molecule has 0 saturated carbocycles. The zero-order chi connectivity index (χ0) is 19.6. The second-order valence-electron chi connectivity index (χ2n) is 6.01. The lowest BCUT2D eigenvalue weighted by molar-refractivity contribution is -0.121. The number of hydrogen-bond donors (Lipinski definition) is 1. The number of ether oxygens (including phenoxy) is 1. The minimum Gasteiger partial charge on any atom is -0.465 e. The highest BCUT2D eigenvalue weighted by Gasteiger charge is 2.19. The number of rotatable bonds is 8. The minimum atomic E-state index is -0.510. The molecule has 0 atom stereocenters. The van der Waals surface area contributed by atoms with E-state index in [0.717, 1.165) is 5.56 Å². The number of esters is 1. The van der Waals surface area contributed by atoms with Gasteiger partial charge < -0.3 is 15.0 Å². The Labute approximate surface area is 159 Å². The zero-order valence-corrected chi connectivity index (χ0v) is 15.6. The Bertz CT molecular complexity index is 790. The van der Waals surface area contributed by atoms with Crippen LogP contribution < -0.4 is 10.2 Å². The van der Waals surface area contributed by atoms with Gasteiger partial charge in [-0.25, -0.2) is 4.79 Å². The Kier molecular flexibility index (Phi) is 7.55. The molecule has 0 heterocycles. The number of hydrogen-bond acceptors (Lipinski definition) is 4. The van der Waals surface area contributed by atoms with Crippen LogP contribution in [0.3, 0.4) is 0 Å². The van der Waals surface area contributed by atoms with E-state index in [1.807, 2.05) is 30.3 Å². The first kappa shape index (κ1) is 20.2. The first-order valence-corrected chi connectivity index (χ1v) is 8.79.